The number of anilines is 1. The van der Waals surface area contributed by atoms with Crippen LogP contribution in [0.15, 0.2) is 22.8 Å². The molecule has 1 aliphatic heterocycles. The first-order valence-electron chi connectivity index (χ1n) is 8.01. The van der Waals surface area contributed by atoms with Crippen LogP contribution in [0.5, 0.6) is 0 Å². The van der Waals surface area contributed by atoms with Gasteiger partial charge in [0.05, 0.1) is 24.8 Å². The van der Waals surface area contributed by atoms with E-state index in [1.54, 1.807) is 31.0 Å². The van der Waals surface area contributed by atoms with Crippen LogP contribution in [0.2, 0.25) is 0 Å². The Labute approximate surface area is 147 Å². The topological polar surface area (TPSA) is 93.5 Å². The molecule has 25 heavy (non-hydrogen) atoms. The van der Waals surface area contributed by atoms with Crippen molar-refractivity contribution in [2.75, 3.05) is 37.2 Å². The molecule has 2 aromatic rings. The van der Waals surface area contributed by atoms with Crippen LogP contribution in [0.1, 0.15) is 12.7 Å². The Morgan fingerprint density at radius 3 is 2.64 bits per heavy atom. The van der Waals surface area contributed by atoms with Gasteiger partial charge in [-0.25, -0.2) is 24.1 Å². The monoisotopic (exact) mass is 362 g/mol. The molecule has 0 unspecified atom stereocenters. The molecule has 0 bridgehead atoms. The number of aromatic nitrogens is 4. The standard InChI is InChI=1S/C16H22N6O2S/c1-11-10-24-6-5-22(11)15-7-14(21-25(3,4)23)19-16(20-15)13-8-17-12(2)18-9-13/h7-9,11H,5-6,10H2,1-4H3/t11-/m1/s1. The Bertz CT molecular complexity index is 869. The van der Waals surface area contributed by atoms with Gasteiger partial charge < -0.3 is 9.64 Å². The van der Waals surface area contributed by atoms with E-state index in [1.165, 1.54) is 0 Å². The quantitative estimate of drug-likeness (QED) is 0.822. The molecule has 1 fully saturated rings. The SMILES string of the molecule is Cc1ncc(-c2nc(N=S(C)(C)=O)cc(N3CCOC[C@H]3C)n2)cn1. The molecule has 8 nitrogen and oxygen atoms in total. The minimum Gasteiger partial charge on any atom is -0.377 e. The molecule has 3 heterocycles. The first kappa shape index (κ1) is 17.7. The van der Waals surface area contributed by atoms with E-state index in [4.69, 9.17) is 4.74 Å². The van der Waals surface area contributed by atoms with Gasteiger partial charge in [0.1, 0.15) is 11.6 Å². The van der Waals surface area contributed by atoms with E-state index in [1.807, 2.05) is 6.92 Å². The van der Waals surface area contributed by atoms with Crippen molar-refractivity contribution >= 4 is 21.4 Å². The van der Waals surface area contributed by atoms with Crippen LogP contribution in [0.4, 0.5) is 11.6 Å². The van der Waals surface area contributed by atoms with Crippen LogP contribution in [-0.4, -0.2) is 62.5 Å². The zero-order valence-corrected chi connectivity index (χ0v) is 15.7. The van der Waals surface area contributed by atoms with Crippen LogP contribution >= 0.6 is 0 Å². The molecular weight excluding hydrogens is 340 g/mol. The Balaban J connectivity index is 2.11. The molecule has 1 aliphatic rings. The van der Waals surface area contributed by atoms with Crippen molar-refractivity contribution in [3.05, 3.63) is 24.3 Å². The zero-order chi connectivity index (χ0) is 18.0. The van der Waals surface area contributed by atoms with Gasteiger partial charge in [-0.05, 0) is 13.8 Å². The average Bonchev–Trinajstić information content (AvgIpc) is 2.54. The number of aryl methyl sites for hydroxylation is 1. The van der Waals surface area contributed by atoms with E-state index >= 15 is 0 Å². The lowest BCUT2D eigenvalue weighted by atomic mass is 10.2. The fourth-order valence-electron chi connectivity index (χ4n) is 2.55. The summed E-state index contributed by atoms with van der Waals surface area (Å²) in [5.41, 5.74) is 0.698. The predicted octanol–water partition coefficient (Wildman–Crippen LogP) is 1.83. The summed E-state index contributed by atoms with van der Waals surface area (Å²) in [6.45, 7) is 5.91. The first-order valence-corrected chi connectivity index (χ1v) is 10.3. The van der Waals surface area contributed by atoms with Gasteiger partial charge in [0.15, 0.2) is 11.6 Å². The second kappa shape index (κ2) is 7.01. The summed E-state index contributed by atoms with van der Waals surface area (Å²) in [5, 5.41) is 0. The van der Waals surface area contributed by atoms with Crippen LogP contribution < -0.4 is 4.90 Å². The van der Waals surface area contributed by atoms with Gasteiger partial charge in [-0.15, -0.1) is 0 Å². The van der Waals surface area contributed by atoms with Crippen molar-refractivity contribution in [1.82, 2.24) is 19.9 Å². The number of hydrogen-bond donors (Lipinski definition) is 0. The largest absolute Gasteiger partial charge is 0.377 e. The molecule has 0 amide bonds. The van der Waals surface area contributed by atoms with Crippen molar-refractivity contribution in [3.63, 3.8) is 0 Å². The lowest BCUT2D eigenvalue weighted by molar-refractivity contribution is 0.0985. The van der Waals surface area contributed by atoms with E-state index in [0.717, 1.165) is 12.4 Å². The molecule has 0 spiro atoms. The van der Waals surface area contributed by atoms with Gasteiger partial charge in [-0.1, -0.05) is 0 Å². The van der Waals surface area contributed by atoms with E-state index in [9.17, 15) is 4.21 Å². The Morgan fingerprint density at radius 2 is 2.00 bits per heavy atom. The Hall–Kier alpha value is -2.13. The van der Waals surface area contributed by atoms with Crippen molar-refractivity contribution < 1.29 is 8.95 Å². The summed E-state index contributed by atoms with van der Waals surface area (Å²) >= 11 is 0. The molecule has 2 aromatic heterocycles. The van der Waals surface area contributed by atoms with Crippen LogP contribution in [0.25, 0.3) is 11.4 Å². The van der Waals surface area contributed by atoms with E-state index in [-0.39, 0.29) is 6.04 Å². The fraction of sp³-hybridized carbons (Fsp3) is 0.500. The van der Waals surface area contributed by atoms with E-state index < -0.39 is 9.73 Å². The molecule has 0 aromatic carbocycles. The molecular formula is C16H22N6O2S. The molecule has 1 saturated heterocycles. The second-order valence-corrected chi connectivity index (χ2v) is 8.86. The molecule has 134 valence electrons. The van der Waals surface area contributed by atoms with E-state index in [2.05, 4.69) is 36.1 Å². The maximum Gasteiger partial charge on any atom is 0.167 e. The Morgan fingerprint density at radius 1 is 1.28 bits per heavy atom. The molecule has 9 heteroatoms. The summed E-state index contributed by atoms with van der Waals surface area (Å²) < 4.78 is 21.9. The highest BCUT2D eigenvalue weighted by molar-refractivity contribution is 7.92. The van der Waals surface area contributed by atoms with Crippen molar-refractivity contribution in [2.24, 2.45) is 4.36 Å². The molecule has 0 radical (unpaired) electrons. The molecule has 0 N–H and O–H groups in total. The second-order valence-electron chi connectivity index (χ2n) is 6.32. The number of ether oxygens (including phenoxy) is 1. The normalized spacial score (nSPS) is 18.2. The Kier molecular flexibility index (Phi) is 4.96. The van der Waals surface area contributed by atoms with Crippen molar-refractivity contribution in [3.8, 4) is 11.4 Å². The van der Waals surface area contributed by atoms with Gasteiger partial charge >= 0.3 is 0 Å². The number of nitrogens with zero attached hydrogens (tertiary/aromatic N) is 6. The smallest absolute Gasteiger partial charge is 0.167 e. The van der Waals surface area contributed by atoms with Crippen molar-refractivity contribution in [2.45, 2.75) is 19.9 Å². The summed E-state index contributed by atoms with van der Waals surface area (Å²) in [6, 6.07) is 1.96. The highest BCUT2D eigenvalue weighted by Crippen LogP contribution is 2.26. The number of hydrogen-bond acceptors (Lipinski definition) is 8. The minimum atomic E-state index is -2.33. The van der Waals surface area contributed by atoms with Crippen LogP contribution in [0.3, 0.4) is 0 Å². The van der Waals surface area contributed by atoms with Gasteiger partial charge in [0.2, 0.25) is 0 Å². The highest BCUT2D eigenvalue weighted by Gasteiger charge is 2.22. The number of rotatable bonds is 3. The highest BCUT2D eigenvalue weighted by atomic mass is 32.2. The first-order chi connectivity index (χ1) is 11.8. The third kappa shape index (κ3) is 4.49. The summed E-state index contributed by atoms with van der Waals surface area (Å²) in [7, 11) is -2.33. The van der Waals surface area contributed by atoms with Crippen molar-refractivity contribution in [1.29, 1.82) is 0 Å². The molecule has 1 atom stereocenters. The summed E-state index contributed by atoms with van der Waals surface area (Å²) in [6.07, 6.45) is 6.54. The van der Waals surface area contributed by atoms with Gasteiger partial charge in [-0.3, -0.25) is 0 Å². The van der Waals surface area contributed by atoms with Gasteiger partial charge in [0.25, 0.3) is 0 Å². The third-order valence-corrected chi connectivity index (χ3v) is 4.34. The molecule has 3 rings (SSSR count). The zero-order valence-electron chi connectivity index (χ0n) is 14.8. The average molecular weight is 362 g/mol. The molecule has 0 aliphatic carbocycles. The van der Waals surface area contributed by atoms with Gasteiger partial charge in [-0.2, -0.15) is 4.36 Å². The minimum absolute atomic E-state index is 0.186. The third-order valence-electron chi connectivity index (χ3n) is 3.71. The molecule has 0 saturated carbocycles. The summed E-state index contributed by atoms with van der Waals surface area (Å²) in [5.74, 6) is 2.29. The maximum absolute atomic E-state index is 12.1. The van der Waals surface area contributed by atoms with Crippen LogP contribution in [0, 0.1) is 6.92 Å². The van der Waals surface area contributed by atoms with Gasteiger partial charge in [0, 0.05) is 47.2 Å². The lowest BCUT2D eigenvalue weighted by Crippen LogP contribution is -2.44. The van der Waals surface area contributed by atoms with E-state index in [0.29, 0.717) is 36.2 Å². The fourth-order valence-corrected chi connectivity index (χ4v) is 3.09. The predicted molar refractivity (Wildman–Crippen MR) is 97.5 cm³/mol. The maximum atomic E-state index is 12.1. The lowest BCUT2D eigenvalue weighted by Gasteiger charge is -2.34. The number of morpholine rings is 1. The summed E-state index contributed by atoms with van der Waals surface area (Å²) in [4.78, 5) is 19.7. The van der Waals surface area contributed by atoms with Crippen LogP contribution in [-0.2, 0) is 14.5 Å².